The molecule has 3 rings (SSSR count). The van der Waals surface area contributed by atoms with Gasteiger partial charge < -0.3 is 15.0 Å². The molecule has 1 aromatic carbocycles. The molecule has 2 aliphatic rings. The van der Waals surface area contributed by atoms with E-state index in [4.69, 9.17) is 0 Å². The minimum absolute atomic E-state index is 0.0549. The molecule has 7 heteroatoms. The molecule has 25 heavy (non-hydrogen) atoms. The number of carbonyl (C=O) groups excluding carboxylic acids is 1. The van der Waals surface area contributed by atoms with Gasteiger partial charge in [0.2, 0.25) is 0 Å². The molecule has 0 radical (unpaired) electrons. The van der Waals surface area contributed by atoms with Crippen molar-refractivity contribution in [3.63, 3.8) is 0 Å². The van der Waals surface area contributed by atoms with Crippen molar-refractivity contribution in [3.8, 4) is 5.75 Å². The van der Waals surface area contributed by atoms with Crippen LogP contribution in [0, 0.1) is 13.8 Å². The Kier molecular flexibility index (Phi) is 5.42. The van der Waals surface area contributed by atoms with Crippen molar-refractivity contribution in [2.45, 2.75) is 45.9 Å². The lowest BCUT2D eigenvalue weighted by Gasteiger charge is -2.36. The number of hydrogen-bond donors (Lipinski definition) is 1. The second-order valence-electron chi connectivity index (χ2n) is 6.87. The first-order chi connectivity index (χ1) is 11.9. The minimum Gasteiger partial charge on any atom is -0.434 e. The highest BCUT2D eigenvalue weighted by molar-refractivity contribution is 5.76. The quantitative estimate of drug-likeness (QED) is 0.885. The third-order valence-corrected chi connectivity index (χ3v) is 5.02. The first kappa shape index (κ1) is 17.9. The van der Waals surface area contributed by atoms with Crippen molar-refractivity contribution < 1.29 is 18.3 Å². The lowest BCUT2D eigenvalue weighted by molar-refractivity contribution is -0.0507. The van der Waals surface area contributed by atoms with Crippen LogP contribution in [-0.2, 0) is 6.54 Å². The average Bonchev–Trinajstić information content (AvgIpc) is 2.98. The Balaban J connectivity index is 1.58. The Morgan fingerprint density at radius 2 is 1.84 bits per heavy atom. The Morgan fingerprint density at radius 1 is 1.20 bits per heavy atom. The van der Waals surface area contributed by atoms with Crippen LogP contribution in [0.25, 0.3) is 0 Å². The number of ether oxygens (including phenoxy) is 1. The van der Waals surface area contributed by atoms with E-state index in [0.717, 1.165) is 62.3 Å². The molecule has 2 saturated heterocycles. The molecule has 0 saturated carbocycles. The summed E-state index contributed by atoms with van der Waals surface area (Å²) in [5.74, 6) is 0.275. The van der Waals surface area contributed by atoms with E-state index in [2.05, 4.69) is 15.0 Å². The summed E-state index contributed by atoms with van der Waals surface area (Å²) < 4.78 is 29.6. The van der Waals surface area contributed by atoms with Crippen LogP contribution in [-0.4, -0.2) is 54.7 Å². The number of likely N-dealkylation sites (tertiary alicyclic amines) is 1. The molecule has 0 unspecified atom stereocenters. The first-order valence-electron chi connectivity index (χ1n) is 8.76. The minimum atomic E-state index is -2.80. The van der Waals surface area contributed by atoms with Crippen LogP contribution < -0.4 is 10.1 Å². The van der Waals surface area contributed by atoms with Crippen LogP contribution in [0.5, 0.6) is 5.75 Å². The first-order valence-corrected chi connectivity index (χ1v) is 8.76. The number of aryl methyl sites for hydroxylation is 2. The standard InChI is InChI=1S/C18H25F2N3O2/c1-12-9-14(10-13(2)16(12)25-17(19)20)11-22-6-3-15(4-7-22)23-8-5-21-18(23)24/h9-10,15,17H,3-8,11H2,1-2H3,(H,21,24). The molecule has 1 N–H and O–H groups in total. The Bertz CT molecular complexity index is 608. The topological polar surface area (TPSA) is 44.8 Å². The second-order valence-corrected chi connectivity index (χ2v) is 6.87. The van der Waals surface area contributed by atoms with Crippen LogP contribution in [0.15, 0.2) is 12.1 Å². The van der Waals surface area contributed by atoms with Crippen molar-refractivity contribution in [1.82, 2.24) is 15.1 Å². The third kappa shape index (κ3) is 4.21. The van der Waals surface area contributed by atoms with Gasteiger partial charge >= 0.3 is 12.6 Å². The maximum absolute atomic E-state index is 12.5. The van der Waals surface area contributed by atoms with Gasteiger partial charge in [0.25, 0.3) is 0 Å². The van der Waals surface area contributed by atoms with Gasteiger partial charge in [-0.3, -0.25) is 4.90 Å². The summed E-state index contributed by atoms with van der Waals surface area (Å²) >= 11 is 0. The number of benzene rings is 1. The molecule has 2 amide bonds. The summed E-state index contributed by atoms with van der Waals surface area (Å²) in [7, 11) is 0. The fourth-order valence-corrected chi connectivity index (χ4v) is 3.89. The molecule has 5 nitrogen and oxygen atoms in total. The van der Waals surface area contributed by atoms with Gasteiger partial charge in [0, 0.05) is 38.8 Å². The summed E-state index contributed by atoms with van der Waals surface area (Å²) in [6.45, 7) is 4.99. The Labute approximate surface area is 146 Å². The van der Waals surface area contributed by atoms with Crippen molar-refractivity contribution in [3.05, 3.63) is 28.8 Å². The summed E-state index contributed by atoms with van der Waals surface area (Å²) in [6.07, 6.45) is 1.94. The summed E-state index contributed by atoms with van der Waals surface area (Å²) in [6, 6.07) is 4.22. The number of nitrogens with zero attached hydrogens (tertiary/aromatic N) is 2. The number of nitrogens with one attached hydrogen (secondary N) is 1. The summed E-state index contributed by atoms with van der Waals surface area (Å²) in [5.41, 5.74) is 2.58. The molecule has 0 aliphatic carbocycles. The monoisotopic (exact) mass is 353 g/mol. The molecule has 0 atom stereocenters. The number of hydrogen-bond acceptors (Lipinski definition) is 3. The number of amides is 2. The highest BCUT2D eigenvalue weighted by Gasteiger charge is 2.30. The van der Waals surface area contributed by atoms with E-state index in [1.54, 1.807) is 13.8 Å². The van der Waals surface area contributed by atoms with E-state index < -0.39 is 6.61 Å². The number of piperidine rings is 1. The van der Waals surface area contributed by atoms with Crippen molar-refractivity contribution in [1.29, 1.82) is 0 Å². The molecule has 138 valence electrons. The molecule has 2 aliphatic heterocycles. The second kappa shape index (κ2) is 7.56. The third-order valence-electron chi connectivity index (χ3n) is 5.02. The molecular formula is C18H25F2N3O2. The van der Waals surface area contributed by atoms with Gasteiger partial charge in [0.05, 0.1) is 0 Å². The lowest BCUT2D eigenvalue weighted by Crippen LogP contribution is -2.45. The van der Waals surface area contributed by atoms with Gasteiger partial charge in [-0.25, -0.2) is 4.79 Å². The SMILES string of the molecule is Cc1cc(CN2CCC(N3CCNC3=O)CC2)cc(C)c1OC(F)F. The van der Waals surface area contributed by atoms with Gasteiger partial charge in [-0.05, 0) is 43.4 Å². The molecule has 2 fully saturated rings. The van der Waals surface area contributed by atoms with Crippen molar-refractivity contribution in [2.24, 2.45) is 0 Å². The number of alkyl halides is 2. The molecule has 0 aromatic heterocycles. The van der Waals surface area contributed by atoms with Gasteiger partial charge in [0.1, 0.15) is 5.75 Å². The lowest BCUT2D eigenvalue weighted by atomic mass is 10.0. The van der Waals surface area contributed by atoms with E-state index in [-0.39, 0.29) is 11.8 Å². The van der Waals surface area contributed by atoms with Gasteiger partial charge in [-0.1, -0.05) is 12.1 Å². The zero-order valence-electron chi connectivity index (χ0n) is 14.7. The number of urea groups is 1. The molecular weight excluding hydrogens is 328 g/mol. The van der Waals surface area contributed by atoms with E-state index in [9.17, 15) is 13.6 Å². The van der Waals surface area contributed by atoms with E-state index in [1.807, 2.05) is 17.0 Å². The Morgan fingerprint density at radius 3 is 2.36 bits per heavy atom. The summed E-state index contributed by atoms with van der Waals surface area (Å²) in [5, 5.41) is 2.86. The molecule has 0 bridgehead atoms. The average molecular weight is 353 g/mol. The number of halogens is 2. The van der Waals surface area contributed by atoms with Crippen LogP contribution in [0.3, 0.4) is 0 Å². The van der Waals surface area contributed by atoms with Gasteiger partial charge in [0.15, 0.2) is 0 Å². The number of carbonyl (C=O) groups is 1. The van der Waals surface area contributed by atoms with Gasteiger partial charge in [-0.15, -0.1) is 0 Å². The molecule has 2 heterocycles. The fourth-order valence-electron chi connectivity index (χ4n) is 3.89. The predicted molar refractivity (Wildman–Crippen MR) is 91.0 cm³/mol. The normalized spacial score (nSPS) is 19.6. The van der Waals surface area contributed by atoms with E-state index in [0.29, 0.717) is 6.04 Å². The fraction of sp³-hybridized carbons (Fsp3) is 0.611. The maximum Gasteiger partial charge on any atom is 0.387 e. The molecule has 1 aromatic rings. The van der Waals surface area contributed by atoms with Crippen LogP contribution in [0.2, 0.25) is 0 Å². The van der Waals surface area contributed by atoms with Crippen molar-refractivity contribution >= 4 is 6.03 Å². The van der Waals surface area contributed by atoms with E-state index >= 15 is 0 Å². The van der Waals surface area contributed by atoms with Gasteiger partial charge in [-0.2, -0.15) is 8.78 Å². The summed E-state index contributed by atoms with van der Waals surface area (Å²) in [4.78, 5) is 16.1. The highest BCUT2D eigenvalue weighted by atomic mass is 19.3. The largest absolute Gasteiger partial charge is 0.434 e. The zero-order chi connectivity index (χ0) is 18.0. The van der Waals surface area contributed by atoms with Crippen molar-refractivity contribution in [2.75, 3.05) is 26.2 Å². The Hall–Kier alpha value is -1.89. The molecule has 0 spiro atoms. The van der Waals surface area contributed by atoms with Crippen LogP contribution in [0.4, 0.5) is 13.6 Å². The zero-order valence-corrected chi connectivity index (χ0v) is 14.7. The van der Waals surface area contributed by atoms with Crippen LogP contribution in [0.1, 0.15) is 29.5 Å². The van der Waals surface area contributed by atoms with E-state index in [1.165, 1.54) is 0 Å². The highest BCUT2D eigenvalue weighted by Crippen LogP contribution is 2.28. The number of rotatable bonds is 5. The smallest absolute Gasteiger partial charge is 0.387 e. The predicted octanol–water partition coefficient (Wildman–Crippen LogP) is 2.89. The maximum atomic E-state index is 12.5. The van der Waals surface area contributed by atoms with Crippen LogP contribution >= 0.6 is 0 Å².